The number of carbonyl (C=O) groups excluding carboxylic acids is 1. The number of aromatic nitrogens is 2. The summed E-state index contributed by atoms with van der Waals surface area (Å²) in [4.78, 5) is 13.7. The molecule has 0 bridgehead atoms. The zero-order valence-corrected chi connectivity index (χ0v) is 12.3. The van der Waals surface area contributed by atoms with E-state index in [9.17, 15) is 4.79 Å². The monoisotopic (exact) mass is 281 g/mol. The van der Waals surface area contributed by atoms with Gasteiger partial charge >= 0.3 is 0 Å². The van der Waals surface area contributed by atoms with Crippen molar-refractivity contribution in [1.29, 1.82) is 0 Å². The summed E-state index contributed by atoms with van der Waals surface area (Å²) in [7, 11) is 1.89. The maximum absolute atomic E-state index is 12.0. The Morgan fingerprint density at radius 2 is 2.37 bits per heavy atom. The van der Waals surface area contributed by atoms with Gasteiger partial charge in [-0.15, -0.1) is 11.3 Å². The third-order valence-electron chi connectivity index (χ3n) is 3.00. The number of aliphatic hydroxyl groups is 1. The maximum atomic E-state index is 12.0. The average Bonchev–Trinajstić information content (AvgIpc) is 2.88. The fourth-order valence-corrected chi connectivity index (χ4v) is 3.04. The van der Waals surface area contributed by atoms with Crippen molar-refractivity contribution in [3.05, 3.63) is 16.6 Å². The van der Waals surface area contributed by atoms with Crippen molar-refractivity contribution in [2.24, 2.45) is 7.05 Å². The smallest absolute Gasteiger partial charge is 0.261 e. The highest BCUT2D eigenvalue weighted by Gasteiger charge is 2.14. The van der Waals surface area contributed by atoms with Crippen LogP contribution in [0.5, 0.6) is 0 Å². The molecule has 19 heavy (non-hydrogen) atoms. The van der Waals surface area contributed by atoms with Crippen molar-refractivity contribution in [3.8, 4) is 0 Å². The Labute approximate surface area is 116 Å². The van der Waals surface area contributed by atoms with E-state index in [2.05, 4.69) is 10.4 Å². The van der Waals surface area contributed by atoms with E-state index in [1.807, 2.05) is 20.0 Å². The van der Waals surface area contributed by atoms with E-state index < -0.39 is 0 Å². The molecule has 0 spiro atoms. The molecule has 0 saturated heterocycles. The first-order valence-corrected chi connectivity index (χ1v) is 7.20. The fraction of sp³-hybridized carbons (Fsp3) is 0.538. The van der Waals surface area contributed by atoms with Crippen LogP contribution in [0.2, 0.25) is 0 Å². The largest absolute Gasteiger partial charge is 0.393 e. The molecular formula is C13H19N3O2S. The number of hydrogen-bond acceptors (Lipinski definition) is 4. The lowest BCUT2D eigenvalue weighted by atomic mass is 10.2. The van der Waals surface area contributed by atoms with E-state index in [0.29, 0.717) is 17.8 Å². The first-order valence-electron chi connectivity index (χ1n) is 6.38. The number of nitrogens with zero attached hydrogens (tertiary/aromatic N) is 2. The second-order valence-corrected chi connectivity index (χ2v) is 5.82. The minimum absolute atomic E-state index is 0.0498. The van der Waals surface area contributed by atoms with Crippen molar-refractivity contribution < 1.29 is 9.90 Å². The number of aliphatic hydroxyl groups excluding tert-OH is 1. The molecule has 2 rings (SSSR count). The zero-order valence-electron chi connectivity index (χ0n) is 11.4. The van der Waals surface area contributed by atoms with Crippen molar-refractivity contribution >= 4 is 27.5 Å². The van der Waals surface area contributed by atoms with E-state index >= 15 is 0 Å². The molecule has 0 fully saturated rings. The first kappa shape index (κ1) is 14.0. The van der Waals surface area contributed by atoms with Crippen molar-refractivity contribution in [1.82, 2.24) is 15.1 Å². The van der Waals surface area contributed by atoms with E-state index in [0.717, 1.165) is 22.3 Å². The minimum Gasteiger partial charge on any atom is -0.393 e. The van der Waals surface area contributed by atoms with Crippen molar-refractivity contribution in [2.45, 2.75) is 32.8 Å². The lowest BCUT2D eigenvalue weighted by molar-refractivity contribution is 0.0954. The highest BCUT2D eigenvalue weighted by atomic mass is 32.1. The number of amides is 1. The molecule has 0 aromatic carbocycles. The van der Waals surface area contributed by atoms with Crippen molar-refractivity contribution in [3.63, 3.8) is 0 Å². The van der Waals surface area contributed by atoms with Gasteiger partial charge in [-0.2, -0.15) is 5.10 Å². The molecule has 2 N–H and O–H groups in total. The maximum Gasteiger partial charge on any atom is 0.261 e. The van der Waals surface area contributed by atoms with Crippen LogP contribution < -0.4 is 5.32 Å². The number of carbonyl (C=O) groups is 1. The highest BCUT2D eigenvalue weighted by Crippen LogP contribution is 2.27. The molecule has 2 aromatic rings. The summed E-state index contributed by atoms with van der Waals surface area (Å²) < 4.78 is 1.81. The van der Waals surface area contributed by atoms with Gasteiger partial charge in [0, 0.05) is 19.0 Å². The van der Waals surface area contributed by atoms with E-state index in [1.165, 1.54) is 11.3 Å². The second kappa shape index (κ2) is 5.71. The lowest BCUT2D eigenvalue weighted by Crippen LogP contribution is -2.24. The Balaban J connectivity index is 1.99. The predicted molar refractivity (Wildman–Crippen MR) is 76.6 cm³/mol. The molecule has 0 aliphatic carbocycles. The van der Waals surface area contributed by atoms with Crippen LogP contribution in [0.25, 0.3) is 10.2 Å². The number of thiophene rings is 1. The summed E-state index contributed by atoms with van der Waals surface area (Å²) in [5, 5.41) is 17.4. The summed E-state index contributed by atoms with van der Waals surface area (Å²) in [5.74, 6) is -0.0498. The Morgan fingerprint density at radius 3 is 3.00 bits per heavy atom. The van der Waals surface area contributed by atoms with Crippen LogP contribution in [0.15, 0.2) is 6.07 Å². The lowest BCUT2D eigenvalue weighted by Gasteiger charge is -2.05. The zero-order chi connectivity index (χ0) is 14.0. The molecule has 0 saturated carbocycles. The number of fused-ring (bicyclic) bond motifs is 1. The molecule has 0 radical (unpaired) electrons. The molecule has 1 amide bonds. The van der Waals surface area contributed by atoms with Gasteiger partial charge < -0.3 is 10.4 Å². The van der Waals surface area contributed by atoms with Gasteiger partial charge in [0.25, 0.3) is 5.91 Å². The fourth-order valence-electron chi connectivity index (χ4n) is 2.00. The Kier molecular flexibility index (Phi) is 4.21. The Morgan fingerprint density at radius 1 is 1.63 bits per heavy atom. The molecule has 1 unspecified atom stereocenters. The van der Waals surface area contributed by atoms with Crippen LogP contribution in [0, 0.1) is 6.92 Å². The summed E-state index contributed by atoms with van der Waals surface area (Å²) >= 11 is 1.46. The van der Waals surface area contributed by atoms with E-state index in [-0.39, 0.29) is 12.0 Å². The Bertz CT molecular complexity index is 551. The first-order chi connectivity index (χ1) is 8.99. The number of hydrogen-bond donors (Lipinski definition) is 2. The van der Waals surface area contributed by atoms with Crippen LogP contribution in [0.4, 0.5) is 0 Å². The van der Waals surface area contributed by atoms with Gasteiger partial charge in [-0.1, -0.05) is 0 Å². The van der Waals surface area contributed by atoms with Crippen LogP contribution >= 0.6 is 11.3 Å². The molecule has 6 heteroatoms. The summed E-state index contributed by atoms with van der Waals surface area (Å²) in [5.41, 5.74) is 0.946. The van der Waals surface area contributed by atoms with Crippen LogP contribution in [-0.2, 0) is 7.05 Å². The molecule has 0 aliphatic rings. The molecule has 2 heterocycles. The van der Waals surface area contributed by atoms with Gasteiger partial charge in [-0.3, -0.25) is 9.48 Å². The summed E-state index contributed by atoms with van der Waals surface area (Å²) in [6, 6.07) is 1.90. The normalized spacial score (nSPS) is 12.8. The molecule has 5 nitrogen and oxygen atoms in total. The highest BCUT2D eigenvalue weighted by molar-refractivity contribution is 7.20. The molecular weight excluding hydrogens is 262 g/mol. The number of aryl methyl sites for hydroxylation is 2. The summed E-state index contributed by atoms with van der Waals surface area (Å²) in [6.45, 7) is 4.29. The minimum atomic E-state index is -0.310. The molecule has 1 atom stereocenters. The number of rotatable bonds is 5. The quantitative estimate of drug-likeness (QED) is 0.822. The van der Waals surface area contributed by atoms with Crippen LogP contribution in [0.3, 0.4) is 0 Å². The van der Waals surface area contributed by atoms with Gasteiger partial charge in [0.15, 0.2) is 0 Å². The molecule has 0 aliphatic heterocycles. The van der Waals surface area contributed by atoms with Gasteiger partial charge in [-0.05, 0) is 32.8 Å². The van der Waals surface area contributed by atoms with E-state index in [1.54, 1.807) is 11.6 Å². The van der Waals surface area contributed by atoms with Gasteiger partial charge in [0.2, 0.25) is 0 Å². The van der Waals surface area contributed by atoms with Gasteiger partial charge in [0.05, 0.1) is 16.7 Å². The standard InChI is InChI=1S/C13H19N3O2S/c1-8(17)5-4-6-14-12(18)11-7-10-9(2)15-16(3)13(10)19-11/h7-8,17H,4-6H2,1-3H3,(H,14,18). The van der Waals surface area contributed by atoms with E-state index in [4.69, 9.17) is 5.11 Å². The van der Waals surface area contributed by atoms with Crippen LogP contribution in [-0.4, -0.2) is 33.4 Å². The second-order valence-electron chi connectivity index (χ2n) is 4.79. The topological polar surface area (TPSA) is 67.2 Å². The SMILES string of the molecule is Cc1nn(C)c2sc(C(=O)NCCCC(C)O)cc12. The predicted octanol–water partition coefficient (Wildman–Crippen LogP) is 1.83. The third kappa shape index (κ3) is 3.13. The van der Waals surface area contributed by atoms with Gasteiger partial charge in [0.1, 0.15) is 4.83 Å². The van der Waals surface area contributed by atoms with Crippen molar-refractivity contribution in [2.75, 3.05) is 6.54 Å². The molecule has 104 valence electrons. The average molecular weight is 281 g/mol. The van der Waals surface area contributed by atoms with Gasteiger partial charge in [-0.25, -0.2) is 0 Å². The third-order valence-corrected chi connectivity index (χ3v) is 4.20. The Hall–Kier alpha value is -1.40. The molecule has 2 aromatic heterocycles. The van der Waals surface area contributed by atoms with Crippen LogP contribution in [0.1, 0.15) is 35.1 Å². The number of nitrogens with one attached hydrogen (secondary N) is 1. The summed E-state index contributed by atoms with van der Waals surface area (Å²) in [6.07, 6.45) is 1.18.